The van der Waals surface area contributed by atoms with Gasteiger partial charge in [-0.2, -0.15) is 0 Å². The van der Waals surface area contributed by atoms with Crippen molar-refractivity contribution in [2.75, 3.05) is 28.4 Å². The van der Waals surface area contributed by atoms with Crippen LogP contribution in [0.1, 0.15) is 22.3 Å². The average Bonchev–Trinajstić information content (AvgIpc) is 4.11. The van der Waals surface area contributed by atoms with Crippen LogP contribution < -0.4 is 39.7 Å². The van der Waals surface area contributed by atoms with Crippen LogP contribution in [0, 0.1) is 10.6 Å². The maximum atomic E-state index is 14.5. The average molecular weight is 824 g/mol. The van der Waals surface area contributed by atoms with E-state index in [1.165, 1.54) is 0 Å². The van der Waals surface area contributed by atoms with E-state index in [2.05, 4.69) is 0 Å². The third-order valence-corrected chi connectivity index (χ3v) is 10.8. The Morgan fingerprint density at radius 3 is 1.64 bits per heavy atom. The molecule has 0 radical (unpaired) electrons. The van der Waals surface area contributed by atoms with Crippen molar-refractivity contribution in [3.8, 4) is 28.7 Å². The summed E-state index contributed by atoms with van der Waals surface area (Å²) in [7, 11) is 6.56. The van der Waals surface area contributed by atoms with Gasteiger partial charge in [0.15, 0.2) is 0 Å². The Labute approximate surface area is 352 Å². The molecule has 282 valence electrons. The van der Waals surface area contributed by atoms with Gasteiger partial charge < -0.3 is 29.0 Å². The maximum absolute atomic E-state index is 14.5. The summed E-state index contributed by atoms with van der Waals surface area (Å²) < 4.78 is 22.7. The van der Waals surface area contributed by atoms with Gasteiger partial charge in [-0.15, -0.1) is 10.7 Å². The fourth-order valence-electron chi connectivity index (χ4n) is 8.04. The first kappa shape index (κ1) is 37.5. The fourth-order valence-corrected chi connectivity index (χ4v) is 8.04. The van der Waals surface area contributed by atoms with Crippen molar-refractivity contribution >= 4 is 45.0 Å². The van der Waals surface area contributed by atoms with Gasteiger partial charge in [0.2, 0.25) is 0 Å². The quantitative estimate of drug-likeness (QED) is 0.157. The summed E-state index contributed by atoms with van der Waals surface area (Å²) in [5.41, 5.74) is 8.85. The Bertz CT molecular complexity index is 3240. The van der Waals surface area contributed by atoms with Crippen molar-refractivity contribution in [3.05, 3.63) is 188 Å². The van der Waals surface area contributed by atoms with E-state index >= 15 is 0 Å². The van der Waals surface area contributed by atoms with Crippen LogP contribution in [0.4, 0.5) is 0 Å². The summed E-state index contributed by atoms with van der Waals surface area (Å²) >= 11 is 0. The molecule has 4 aliphatic rings. The van der Waals surface area contributed by atoms with Crippen LogP contribution in [0.3, 0.4) is 0 Å². The number of ether oxygens (including phenoxy) is 4. The monoisotopic (exact) mass is 822 g/mol. The second kappa shape index (κ2) is 15.0. The normalized spacial score (nSPS) is 14.8. The van der Waals surface area contributed by atoms with E-state index in [9.17, 15) is 5.11 Å². The molecule has 0 spiro atoms. The maximum Gasteiger partial charge on any atom is 2.00 e. The van der Waals surface area contributed by atoms with E-state index < -0.39 is 0 Å². The van der Waals surface area contributed by atoms with Crippen LogP contribution in [0.2, 0.25) is 0 Å². The van der Waals surface area contributed by atoms with Crippen LogP contribution in [0.25, 0.3) is 33.6 Å². The molecule has 0 saturated carbocycles. The van der Waals surface area contributed by atoms with Crippen LogP contribution in [-0.2, 0) is 19.5 Å². The predicted octanol–water partition coefficient (Wildman–Crippen LogP) is 7.22. The first-order valence-corrected chi connectivity index (χ1v) is 18.7. The summed E-state index contributed by atoms with van der Waals surface area (Å²) in [4.78, 5) is 21.3. The minimum Gasteiger partial charge on any atom is -0.872 e. The van der Waals surface area contributed by atoms with E-state index in [1.54, 1.807) is 28.4 Å². The number of fused-ring (bicyclic) bond motifs is 7. The number of aliphatic imine (C=N–C) groups is 2. The molecule has 5 heterocycles. The number of methoxy groups -OCH3 is 4. The SMILES string of the molecule is COc1cccc(C2=C3C=CC(=N3)C(c3cccc(OC)c3)=C3C=CC(=N3)C(c3cccc(OC)c3)=c3ccc([n-]3)=c3c4c(c([O-])c5ccc(OC)cc35)C=C2N=4)c1.[Zn+2]. The van der Waals surface area contributed by atoms with Crippen molar-refractivity contribution in [1.29, 1.82) is 0 Å². The number of hydrogen-bond donors (Lipinski definition) is 0. The molecule has 0 saturated heterocycles. The number of rotatable bonds is 7. The molecule has 9 nitrogen and oxygen atoms in total. The number of benzene rings is 5. The molecule has 5 aromatic carbocycles. The molecule has 1 aromatic heterocycles. The standard InChI is InChI=1S/C49H35N4O5.Zn/c1-55-30-11-5-8-27(22-30)44-37-16-17-38(50-37)45(28-9-6-12-31(23-28)56-2)40-20-21-42(52-40)47-35-25-33(58-4)14-15-34(35)49(54)36-26-43(53-48(36)47)46(41-19-18-39(44)51-41)29-10-7-13-32(24-29)57-3;/h5-26H,1-4H3,(H-,50,51,52,53,54);/q-1;+2/p-1. The summed E-state index contributed by atoms with van der Waals surface area (Å²) in [6.07, 6.45) is 9.91. The zero-order valence-electron chi connectivity index (χ0n) is 32.7. The van der Waals surface area contributed by atoms with Crippen LogP contribution in [-0.4, -0.2) is 39.9 Å². The van der Waals surface area contributed by atoms with Gasteiger partial charge in [0.25, 0.3) is 0 Å². The Morgan fingerprint density at radius 2 is 1.03 bits per heavy atom. The van der Waals surface area contributed by atoms with Crippen LogP contribution in [0.15, 0.2) is 160 Å². The molecule has 59 heavy (non-hydrogen) atoms. The minimum atomic E-state index is -0.133. The number of nitrogens with zero attached hydrogens (tertiary/aromatic N) is 4. The van der Waals surface area contributed by atoms with Crippen molar-refractivity contribution in [3.63, 3.8) is 0 Å². The van der Waals surface area contributed by atoms with Crippen molar-refractivity contribution in [2.24, 2.45) is 15.0 Å². The topological polar surface area (TPSA) is 111 Å². The Kier molecular flexibility index (Phi) is 9.58. The van der Waals surface area contributed by atoms with Crippen LogP contribution >= 0.6 is 0 Å². The smallest absolute Gasteiger partial charge is 0.872 e. The van der Waals surface area contributed by atoms with Crippen molar-refractivity contribution in [2.45, 2.75) is 0 Å². The van der Waals surface area contributed by atoms with Gasteiger partial charge in [0, 0.05) is 11.1 Å². The van der Waals surface area contributed by atoms with Crippen LogP contribution in [0.5, 0.6) is 28.7 Å². The van der Waals surface area contributed by atoms with E-state index in [-0.39, 0.29) is 25.2 Å². The molecule has 10 heteroatoms. The molecule has 6 aromatic rings. The summed E-state index contributed by atoms with van der Waals surface area (Å²) in [6, 6.07) is 33.1. The van der Waals surface area contributed by atoms with Gasteiger partial charge in [0.1, 0.15) is 23.0 Å². The van der Waals surface area contributed by atoms with E-state index in [0.29, 0.717) is 72.5 Å². The zero-order valence-corrected chi connectivity index (χ0v) is 35.7. The van der Waals surface area contributed by atoms with Gasteiger partial charge >= 0.3 is 19.5 Å². The Morgan fingerprint density at radius 1 is 0.508 bits per heavy atom. The third-order valence-electron chi connectivity index (χ3n) is 10.8. The van der Waals surface area contributed by atoms with Gasteiger partial charge in [-0.1, -0.05) is 60.3 Å². The molecular formula is C49H34N4O5Zn. The molecule has 0 N–H and O–H groups in total. The van der Waals surface area contributed by atoms with Crippen molar-refractivity contribution in [1.82, 2.24) is 4.98 Å². The molecule has 10 rings (SSSR count). The predicted molar refractivity (Wildman–Crippen MR) is 225 cm³/mol. The number of hydrogen-bond acceptors (Lipinski definition) is 8. The number of allylic oxidation sites excluding steroid dienone is 6. The zero-order chi connectivity index (χ0) is 39.5. The first-order valence-electron chi connectivity index (χ1n) is 18.7. The van der Waals surface area contributed by atoms with Gasteiger partial charge in [0.05, 0.1) is 62.3 Å². The number of aromatic nitrogens is 1. The van der Waals surface area contributed by atoms with E-state index in [1.807, 2.05) is 134 Å². The van der Waals surface area contributed by atoms with E-state index in [4.69, 9.17) is 38.9 Å². The first-order chi connectivity index (χ1) is 28.4. The molecule has 4 aliphatic heterocycles. The molecular weight excluding hydrogens is 790 g/mol. The molecule has 8 bridgehead atoms. The fraction of sp³-hybridized carbons (Fsp3) is 0.0816. The summed E-state index contributed by atoms with van der Waals surface area (Å²) in [5, 5.41) is 18.3. The molecule has 0 aliphatic carbocycles. The second-order valence-electron chi connectivity index (χ2n) is 14.0. The molecule has 0 atom stereocenters. The molecule has 0 unspecified atom stereocenters. The Balaban J connectivity index is 0.00000449. The van der Waals surface area contributed by atoms with E-state index in [0.717, 1.165) is 50.0 Å². The van der Waals surface area contributed by atoms with Gasteiger partial charge in [-0.25, -0.2) is 15.0 Å². The largest absolute Gasteiger partial charge is 2.00 e. The van der Waals surface area contributed by atoms with Crippen molar-refractivity contribution < 1.29 is 43.5 Å². The Hall–Kier alpha value is -7.03. The molecule has 0 amide bonds. The second-order valence-corrected chi connectivity index (χ2v) is 14.0. The van der Waals surface area contributed by atoms with Gasteiger partial charge in [-0.05, 0) is 123 Å². The summed E-state index contributed by atoms with van der Waals surface area (Å²) in [5.74, 6) is 2.57. The minimum absolute atomic E-state index is 0. The van der Waals surface area contributed by atoms with Gasteiger partial charge in [-0.3, -0.25) is 0 Å². The molecule has 0 fully saturated rings. The summed E-state index contributed by atoms with van der Waals surface area (Å²) in [6.45, 7) is 0. The third kappa shape index (κ3) is 6.33.